The number of aliphatic carboxylic acids is 1. The van der Waals surface area contributed by atoms with Crippen LogP contribution in [0.4, 0.5) is 4.39 Å². The number of carboxylic acid groups (broad SMARTS) is 1. The molecule has 2 N–H and O–H groups in total. The largest absolute Gasteiger partial charge is 0.508 e. The molecule has 110 valence electrons. The Morgan fingerprint density at radius 3 is 2.75 bits per heavy atom. The maximum absolute atomic E-state index is 13.0. The van der Waals surface area contributed by atoms with Crippen molar-refractivity contribution in [2.45, 2.75) is 32.7 Å². The molecule has 5 heteroatoms. The fourth-order valence-corrected chi connectivity index (χ4v) is 2.92. The van der Waals surface area contributed by atoms with Crippen LogP contribution in [0.5, 0.6) is 5.75 Å². The number of carbonyl (C=O) groups is 1. The van der Waals surface area contributed by atoms with Crippen molar-refractivity contribution in [1.29, 1.82) is 0 Å². The van der Waals surface area contributed by atoms with E-state index in [1.807, 2.05) is 18.7 Å². The summed E-state index contributed by atoms with van der Waals surface area (Å²) in [7, 11) is 0. The molecule has 2 unspecified atom stereocenters. The van der Waals surface area contributed by atoms with Crippen molar-refractivity contribution < 1.29 is 19.4 Å². The van der Waals surface area contributed by atoms with Gasteiger partial charge in [0.05, 0.1) is 5.41 Å². The number of nitrogens with zero attached hydrogens (tertiary/aromatic N) is 1. The second-order valence-corrected chi connectivity index (χ2v) is 5.54. The molecule has 4 nitrogen and oxygen atoms in total. The topological polar surface area (TPSA) is 60.8 Å². The Labute approximate surface area is 117 Å². The highest BCUT2D eigenvalue weighted by Crippen LogP contribution is 2.39. The molecule has 1 aliphatic heterocycles. The lowest BCUT2D eigenvalue weighted by molar-refractivity contribution is -0.148. The molecule has 1 heterocycles. The van der Waals surface area contributed by atoms with Crippen molar-refractivity contribution in [3.63, 3.8) is 0 Å². The highest BCUT2D eigenvalue weighted by Gasteiger charge is 2.44. The van der Waals surface area contributed by atoms with Gasteiger partial charge in [0.15, 0.2) is 0 Å². The lowest BCUT2D eigenvalue weighted by Crippen LogP contribution is -2.35. The molecule has 0 aromatic heterocycles. The minimum atomic E-state index is -0.766. The molecule has 0 saturated carbocycles. The van der Waals surface area contributed by atoms with E-state index in [2.05, 4.69) is 0 Å². The molecule has 1 aromatic carbocycles. The van der Waals surface area contributed by atoms with Gasteiger partial charge in [0.1, 0.15) is 11.6 Å². The Bertz CT molecular complexity index is 520. The van der Waals surface area contributed by atoms with Crippen LogP contribution in [-0.2, 0) is 4.79 Å². The first-order valence-corrected chi connectivity index (χ1v) is 6.85. The fraction of sp³-hybridized carbons (Fsp3) is 0.533. The number of carboxylic acids is 1. The minimum Gasteiger partial charge on any atom is -0.508 e. The van der Waals surface area contributed by atoms with Crippen LogP contribution in [0.25, 0.3) is 0 Å². The Hall–Kier alpha value is -1.62. The monoisotopic (exact) mass is 281 g/mol. The normalized spacial score (nSPS) is 24.8. The molecule has 1 saturated heterocycles. The SMILES string of the molecule is CCC1(C(=O)O)CCN(C(C)c2ccc(F)cc2O)C1. The summed E-state index contributed by atoms with van der Waals surface area (Å²) in [5.41, 5.74) is -0.0760. The number of phenols is 1. The predicted molar refractivity (Wildman–Crippen MR) is 73.0 cm³/mol. The number of likely N-dealkylation sites (tertiary alicyclic amines) is 1. The van der Waals surface area contributed by atoms with Gasteiger partial charge in [0.25, 0.3) is 0 Å². The van der Waals surface area contributed by atoms with Crippen molar-refractivity contribution in [1.82, 2.24) is 4.90 Å². The summed E-state index contributed by atoms with van der Waals surface area (Å²) in [6.45, 7) is 4.91. The zero-order valence-corrected chi connectivity index (χ0v) is 11.8. The Balaban J connectivity index is 2.19. The summed E-state index contributed by atoms with van der Waals surface area (Å²) in [4.78, 5) is 13.5. The highest BCUT2D eigenvalue weighted by molar-refractivity contribution is 5.75. The van der Waals surface area contributed by atoms with Crippen LogP contribution in [-0.4, -0.2) is 34.2 Å². The van der Waals surface area contributed by atoms with Crippen molar-refractivity contribution >= 4 is 5.97 Å². The number of phenolic OH excluding ortho intramolecular Hbond substituents is 1. The fourth-order valence-electron chi connectivity index (χ4n) is 2.92. The van der Waals surface area contributed by atoms with Gasteiger partial charge >= 0.3 is 5.97 Å². The summed E-state index contributed by atoms with van der Waals surface area (Å²) in [5.74, 6) is -1.33. The first-order valence-electron chi connectivity index (χ1n) is 6.85. The van der Waals surface area contributed by atoms with Crippen molar-refractivity contribution in [3.05, 3.63) is 29.6 Å². The molecule has 1 aromatic rings. The first-order chi connectivity index (χ1) is 9.39. The van der Waals surface area contributed by atoms with Gasteiger partial charge in [0.2, 0.25) is 0 Å². The van der Waals surface area contributed by atoms with E-state index in [0.717, 1.165) is 6.07 Å². The summed E-state index contributed by atoms with van der Waals surface area (Å²) < 4.78 is 13.0. The second-order valence-electron chi connectivity index (χ2n) is 5.54. The van der Waals surface area contributed by atoms with Crippen molar-refractivity contribution in [3.8, 4) is 5.75 Å². The summed E-state index contributed by atoms with van der Waals surface area (Å²) in [5, 5.41) is 19.2. The number of halogens is 1. The maximum atomic E-state index is 13.0. The summed E-state index contributed by atoms with van der Waals surface area (Å²) in [6, 6.07) is 3.82. The smallest absolute Gasteiger partial charge is 0.310 e. The van der Waals surface area contributed by atoms with E-state index in [4.69, 9.17) is 0 Å². The standard InChI is InChI=1S/C15H20FNO3/c1-3-15(14(19)20)6-7-17(9-15)10(2)12-5-4-11(16)8-13(12)18/h4-5,8,10,18H,3,6-7,9H2,1-2H3,(H,19,20). The first kappa shape index (κ1) is 14.8. The average molecular weight is 281 g/mol. The lowest BCUT2D eigenvalue weighted by Gasteiger charge is -2.28. The van der Waals surface area contributed by atoms with Gasteiger partial charge in [0, 0.05) is 24.2 Å². The molecule has 2 rings (SSSR count). The van der Waals surface area contributed by atoms with E-state index in [0.29, 0.717) is 31.5 Å². The second kappa shape index (κ2) is 5.40. The minimum absolute atomic E-state index is 0.0816. The van der Waals surface area contributed by atoms with E-state index in [1.165, 1.54) is 6.07 Å². The van der Waals surface area contributed by atoms with Crippen LogP contribution in [0.15, 0.2) is 18.2 Å². The third-order valence-corrected chi connectivity index (χ3v) is 4.50. The number of hydrogen-bond donors (Lipinski definition) is 2. The molecule has 0 radical (unpaired) electrons. The van der Waals surface area contributed by atoms with Crippen molar-refractivity contribution in [2.24, 2.45) is 5.41 Å². The predicted octanol–water partition coefficient (Wildman–Crippen LogP) is 2.78. The summed E-state index contributed by atoms with van der Waals surface area (Å²) in [6.07, 6.45) is 1.19. The molecule has 0 aliphatic carbocycles. The van der Waals surface area contributed by atoms with E-state index < -0.39 is 17.2 Å². The van der Waals surface area contributed by atoms with Gasteiger partial charge in [-0.15, -0.1) is 0 Å². The zero-order valence-electron chi connectivity index (χ0n) is 11.8. The van der Waals surface area contributed by atoms with Gasteiger partial charge < -0.3 is 10.2 Å². The number of rotatable bonds is 4. The van der Waals surface area contributed by atoms with Gasteiger partial charge in [-0.25, -0.2) is 4.39 Å². The van der Waals surface area contributed by atoms with E-state index in [9.17, 15) is 19.4 Å². The molecule has 1 aliphatic rings. The molecule has 20 heavy (non-hydrogen) atoms. The van der Waals surface area contributed by atoms with E-state index in [1.54, 1.807) is 6.07 Å². The van der Waals surface area contributed by atoms with Gasteiger partial charge in [-0.2, -0.15) is 0 Å². The van der Waals surface area contributed by atoms with Crippen LogP contribution in [0.1, 0.15) is 38.3 Å². The molecule has 0 spiro atoms. The number of benzene rings is 1. The Morgan fingerprint density at radius 1 is 1.55 bits per heavy atom. The maximum Gasteiger partial charge on any atom is 0.310 e. The quantitative estimate of drug-likeness (QED) is 0.891. The zero-order chi connectivity index (χ0) is 14.9. The number of hydrogen-bond acceptors (Lipinski definition) is 3. The van der Waals surface area contributed by atoms with Crippen LogP contribution >= 0.6 is 0 Å². The molecular formula is C15H20FNO3. The number of aromatic hydroxyl groups is 1. The third-order valence-electron chi connectivity index (χ3n) is 4.50. The third kappa shape index (κ3) is 2.50. The van der Waals surface area contributed by atoms with Crippen LogP contribution in [0, 0.1) is 11.2 Å². The molecule has 1 fully saturated rings. The molecule has 0 amide bonds. The van der Waals surface area contributed by atoms with Crippen molar-refractivity contribution in [2.75, 3.05) is 13.1 Å². The summed E-state index contributed by atoms with van der Waals surface area (Å²) >= 11 is 0. The highest BCUT2D eigenvalue weighted by atomic mass is 19.1. The van der Waals surface area contributed by atoms with E-state index in [-0.39, 0.29) is 11.8 Å². The van der Waals surface area contributed by atoms with Crippen LogP contribution < -0.4 is 0 Å². The van der Waals surface area contributed by atoms with Gasteiger partial charge in [-0.3, -0.25) is 9.69 Å². The van der Waals surface area contributed by atoms with Gasteiger partial charge in [-0.05, 0) is 32.4 Å². The molecular weight excluding hydrogens is 261 g/mol. The molecule has 2 atom stereocenters. The van der Waals surface area contributed by atoms with Crippen LogP contribution in [0.2, 0.25) is 0 Å². The van der Waals surface area contributed by atoms with E-state index >= 15 is 0 Å². The Kier molecular flexibility index (Phi) is 3.99. The van der Waals surface area contributed by atoms with Crippen LogP contribution in [0.3, 0.4) is 0 Å². The molecule has 0 bridgehead atoms. The lowest BCUT2D eigenvalue weighted by atomic mass is 9.84. The Morgan fingerprint density at radius 2 is 2.25 bits per heavy atom. The van der Waals surface area contributed by atoms with Gasteiger partial charge in [-0.1, -0.05) is 13.0 Å². The average Bonchev–Trinajstić information content (AvgIpc) is 2.83.